The summed E-state index contributed by atoms with van der Waals surface area (Å²) in [6, 6.07) is 15.8. The van der Waals surface area contributed by atoms with Crippen LogP contribution < -0.4 is 11.5 Å². The Bertz CT molecular complexity index is 1020. The van der Waals surface area contributed by atoms with Crippen molar-refractivity contribution in [1.82, 2.24) is 9.97 Å². The zero-order chi connectivity index (χ0) is 18.0. The molecule has 0 spiro atoms. The summed E-state index contributed by atoms with van der Waals surface area (Å²) in [5.41, 5.74) is 14.2. The first kappa shape index (κ1) is 16.0. The van der Waals surface area contributed by atoms with Gasteiger partial charge in [0.25, 0.3) is 0 Å². The van der Waals surface area contributed by atoms with Gasteiger partial charge in [-0.15, -0.1) is 0 Å². The largest absolute Gasteiger partial charge is 0.478 e. The molecule has 3 rings (SSSR count). The van der Waals surface area contributed by atoms with Crippen LogP contribution in [0.2, 0.25) is 0 Å². The lowest BCUT2D eigenvalue weighted by atomic mass is 9.98. The predicted octanol–water partition coefficient (Wildman–Crippen LogP) is 2.54. The molecule has 0 fully saturated rings. The van der Waals surface area contributed by atoms with E-state index in [4.69, 9.17) is 16.6 Å². The van der Waals surface area contributed by atoms with E-state index in [2.05, 4.69) is 9.97 Å². The van der Waals surface area contributed by atoms with Crippen LogP contribution in [-0.4, -0.2) is 21.0 Å². The molecular formula is C18H13N5O2. The predicted molar refractivity (Wildman–Crippen MR) is 93.4 cm³/mol. The van der Waals surface area contributed by atoms with Crippen LogP contribution in [0.1, 0.15) is 15.9 Å². The summed E-state index contributed by atoms with van der Waals surface area (Å²) in [5, 5.41) is 18.5. The maximum Gasteiger partial charge on any atom is 0.335 e. The molecule has 7 heteroatoms. The molecule has 7 nitrogen and oxygen atoms in total. The van der Waals surface area contributed by atoms with Crippen LogP contribution in [0, 0.1) is 11.3 Å². The van der Waals surface area contributed by atoms with Gasteiger partial charge < -0.3 is 16.6 Å². The third-order valence-corrected chi connectivity index (χ3v) is 3.64. The minimum Gasteiger partial charge on any atom is -0.478 e. The highest BCUT2D eigenvalue weighted by molar-refractivity contribution is 5.89. The van der Waals surface area contributed by atoms with Gasteiger partial charge in [-0.3, -0.25) is 0 Å². The average Bonchev–Trinajstić information content (AvgIpc) is 2.61. The summed E-state index contributed by atoms with van der Waals surface area (Å²) in [7, 11) is 0. The first-order chi connectivity index (χ1) is 12.0. The van der Waals surface area contributed by atoms with E-state index < -0.39 is 5.97 Å². The highest BCUT2D eigenvalue weighted by Crippen LogP contribution is 2.29. The monoisotopic (exact) mass is 331 g/mol. The zero-order valence-electron chi connectivity index (χ0n) is 13.0. The molecule has 5 N–H and O–H groups in total. The fourth-order valence-corrected chi connectivity index (χ4v) is 2.49. The number of carboxylic acid groups (broad SMARTS) is 1. The molecule has 2 aromatic carbocycles. The third kappa shape index (κ3) is 3.09. The Morgan fingerprint density at radius 1 is 1.00 bits per heavy atom. The third-order valence-electron chi connectivity index (χ3n) is 3.64. The summed E-state index contributed by atoms with van der Waals surface area (Å²) >= 11 is 0. The van der Waals surface area contributed by atoms with Gasteiger partial charge in [0.15, 0.2) is 0 Å². The van der Waals surface area contributed by atoms with E-state index in [1.165, 1.54) is 6.07 Å². The van der Waals surface area contributed by atoms with Crippen LogP contribution in [0.15, 0.2) is 48.5 Å². The van der Waals surface area contributed by atoms with Crippen molar-refractivity contribution in [2.45, 2.75) is 0 Å². The van der Waals surface area contributed by atoms with E-state index in [0.29, 0.717) is 11.3 Å². The van der Waals surface area contributed by atoms with Gasteiger partial charge in [-0.2, -0.15) is 10.2 Å². The Hall–Kier alpha value is -3.92. The second-order valence-corrected chi connectivity index (χ2v) is 5.27. The van der Waals surface area contributed by atoms with Crippen LogP contribution in [0.25, 0.3) is 22.4 Å². The van der Waals surface area contributed by atoms with Crippen molar-refractivity contribution in [2.75, 3.05) is 11.5 Å². The van der Waals surface area contributed by atoms with Crippen LogP contribution in [0.3, 0.4) is 0 Å². The molecule has 0 atom stereocenters. The minimum atomic E-state index is -0.999. The van der Waals surface area contributed by atoms with Crippen molar-refractivity contribution in [3.05, 3.63) is 59.7 Å². The quantitative estimate of drug-likeness (QED) is 0.670. The number of nitrogens with two attached hydrogens (primary N) is 2. The molecule has 0 unspecified atom stereocenters. The SMILES string of the molecule is N#Cc1c(N)nc(N)nc1-c1cccc(-c2cccc(C(=O)O)c2)c1. The molecule has 122 valence electrons. The number of nitrogens with zero attached hydrogens (tertiary/aromatic N) is 3. The van der Waals surface area contributed by atoms with E-state index >= 15 is 0 Å². The molecule has 0 amide bonds. The van der Waals surface area contributed by atoms with Gasteiger partial charge in [-0.1, -0.05) is 30.3 Å². The molecule has 3 aromatic rings. The maximum absolute atomic E-state index is 11.2. The second kappa shape index (κ2) is 6.29. The maximum atomic E-state index is 11.2. The molecule has 0 aliphatic heterocycles. The fourth-order valence-electron chi connectivity index (χ4n) is 2.49. The van der Waals surface area contributed by atoms with Crippen LogP contribution in [0.4, 0.5) is 11.8 Å². The molecule has 0 aliphatic rings. The molecule has 1 aromatic heterocycles. The van der Waals surface area contributed by atoms with Gasteiger partial charge in [0, 0.05) is 5.56 Å². The van der Waals surface area contributed by atoms with Crippen molar-refractivity contribution in [3.8, 4) is 28.5 Å². The molecule has 0 aliphatic carbocycles. The number of hydrogen-bond donors (Lipinski definition) is 3. The first-order valence-electron chi connectivity index (χ1n) is 7.27. The second-order valence-electron chi connectivity index (χ2n) is 5.27. The molecule has 25 heavy (non-hydrogen) atoms. The number of benzene rings is 2. The highest BCUT2D eigenvalue weighted by Gasteiger charge is 2.14. The Kier molecular flexibility index (Phi) is 4.02. The number of nitrogen functional groups attached to an aromatic ring is 2. The van der Waals surface area contributed by atoms with Gasteiger partial charge >= 0.3 is 5.97 Å². The summed E-state index contributed by atoms with van der Waals surface area (Å²) in [4.78, 5) is 19.1. The van der Waals surface area contributed by atoms with Crippen LogP contribution in [-0.2, 0) is 0 Å². The lowest BCUT2D eigenvalue weighted by Gasteiger charge is -2.09. The van der Waals surface area contributed by atoms with Crippen molar-refractivity contribution in [2.24, 2.45) is 0 Å². The number of hydrogen-bond acceptors (Lipinski definition) is 6. The Balaban J connectivity index is 2.14. The molecule has 0 bridgehead atoms. The van der Waals surface area contributed by atoms with Crippen molar-refractivity contribution >= 4 is 17.7 Å². The van der Waals surface area contributed by atoms with Crippen molar-refractivity contribution < 1.29 is 9.90 Å². The zero-order valence-corrected chi connectivity index (χ0v) is 13.0. The van der Waals surface area contributed by atoms with E-state index in [1.54, 1.807) is 36.4 Å². The summed E-state index contributed by atoms with van der Waals surface area (Å²) < 4.78 is 0. The Labute approximate surface area is 143 Å². The number of anilines is 2. The van der Waals surface area contributed by atoms with Crippen LogP contribution >= 0.6 is 0 Å². The highest BCUT2D eigenvalue weighted by atomic mass is 16.4. The number of aromatic nitrogens is 2. The van der Waals surface area contributed by atoms with Crippen molar-refractivity contribution in [1.29, 1.82) is 5.26 Å². The molecule has 0 radical (unpaired) electrons. The lowest BCUT2D eigenvalue weighted by molar-refractivity contribution is 0.0697. The summed E-state index contributed by atoms with van der Waals surface area (Å²) in [6.45, 7) is 0. The van der Waals surface area contributed by atoms with Gasteiger partial charge in [-0.25, -0.2) is 9.78 Å². The lowest BCUT2D eigenvalue weighted by Crippen LogP contribution is -2.05. The number of carbonyl (C=O) groups is 1. The Morgan fingerprint density at radius 3 is 2.32 bits per heavy atom. The standard InChI is InChI=1S/C18H13N5O2/c19-9-14-15(22-18(21)23-16(14)20)12-5-1-3-10(7-12)11-4-2-6-13(8-11)17(24)25/h1-8H,(H,24,25)(H4,20,21,22,23). The minimum absolute atomic E-state index is 0.0169. The normalized spacial score (nSPS) is 10.2. The average molecular weight is 331 g/mol. The van der Waals surface area contributed by atoms with Crippen LogP contribution in [0.5, 0.6) is 0 Å². The Morgan fingerprint density at radius 2 is 1.64 bits per heavy atom. The molecule has 0 saturated heterocycles. The smallest absolute Gasteiger partial charge is 0.335 e. The number of carboxylic acids is 1. The van der Waals surface area contributed by atoms with E-state index in [1.807, 2.05) is 12.1 Å². The van der Waals surface area contributed by atoms with Gasteiger partial charge in [0.1, 0.15) is 17.5 Å². The van der Waals surface area contributed by atoms with Gasteiger partial charge in [0.2, 0.25) is 5.95 Å². The summed E-state index contributed by atoms with van der Waals surface area (Å²) in [6.07, 6.45) is 0. The number of rotatable bonds is 3. The number of aromatic carboxylic acids is 1. The first-order valence-corrected chi connectivity index (χ1v) is 7.27. The molecule has 1 heterocycles. The fraction of sp³-hybridized carbons (Fsp3) is 0. The number of nitriles is 1. The van der Waals surface area contributed by atoms with Crippen molar-refractivity contribution in [3.63, 3.8) is 0 Å². The van der Waals surface area contributed by atoms with E-state index in [9.17, 15) is 10.1 Å². The van der Waals surface area contributed by atoms with Gasteiger partial charge in [0.05, 0.1) is 11.3 Å². The molecule has 0 saturated carbocycles. The van der Waals surface area contributed by atoms with Gasteiger partial charge in [-0.05, 0) is 29.3 Å². The van der Waals surface area contributed by atoms with E-state index in [-0.39, 0.29) is 22.9 Å². The summed E-state index contributed by atoms with van der Waals surface area (Å²) in [5.74, 6) is -1.01. The topological polar surface area (TPSA) is 139 Å². The van der Waals surface area contributed by atoms with E-state index in [0.717, 1.165) is 11.1 Å². The molecular weight excluding hydrogens is 318 g/mol.